The number of nitrogens with zero attached hydrogens (tertiary/aromatic N) is 2. The molecule has 2 heterocycles. The topological polar surface area (TPSA) is 117 Å². The quantitative estimate of drug-likeness (QED) is 0.557. The van der Waals surface area contributed by atoms with Crippen LogP contribution in [0.2, 0.25) is 0 Å². The van der Waals surface area contributed by atoms with Gasteiger partial charge in [-0.2, -0.15) is 4.98 Å². The van der Waals surface area contributed by atoms with Crippen molar-refractivity contribution in [1.82, 2.24) is 15.1 Å². The number of rotatable bonds is 8. The van der Waals surface area contributed by atoms with E-state index in [1.807, 2.05) is 31.2 Å². The van der Waals surface area contributed by atoms with E-state index in [1.165, 1.54) is 0 Å². The monoisotopic (exact) mass is 413 g/mol. The molecule has 1 N–H and O–H groups in total. The van der Waals surface area contributed by atoms with Gasteiger partial charge in [-0.3, -0.25) is 0 Å². The third-order valence-corrected chi connectivity index (χ3v) is 4.34. The molecule has 0 radical (unpaired) electrons. The van der Waals surface area contributed by atoms with E-state index in [0.29, 0.717) is 40.6 Å². The SMILES string of the molecule is CCOC(=O)c1c(C)[nH]c(C(=O)OCc2nc(-c3ccccc3OCC)no2)c1C. The summed E-state index contributed by atoms with van der Waals surface area (Å²) in [5.74, 6) is -0.0240. The van der Waals surface area contributed by atoms with Gasteiger partial charge in [0.1, 0.15) is 11.4 Å². The minimum atomic E-state index is -0.638. The Hall–Kier alpha value is -3.62. The van der Waals surface area contributed by atoms with E-state index in [2.05, 4.69) is 15.1 Å². The van der Waals surface area contributed by atoms with Crippen molar-refractivity contribution in [3.63, 3.8) is 0 Å². The number of ether oxygens (including phenoxy) is 3. The third kappa shape index (κ3) is 4.35. The zero-order valence-electron chi connectivity index (χ0n) is 17.3. The maximum Gasteiger partial charge on any atom is 0.355 e. The number of carbonyl (C=O) groups is 2. The van der Waals surface area contributed by atoms with Crippen LogP contribution in [0, 0.1) is 13.8 Å². The second-order valence-electron chi connectivity index (χ2n) is 6.36. The van der Waals surface area contributed by atoms with Crippen LogP contribution in [0.4, 0.5) is 0 Å². The molecule has 0 aliphatic carbocycles. The number of esters is 2. The van der Waals surface area contributed by atoms with E-state index in [0.717, 1.165) is 0 Å². The van der Waals surface area contributed by atoms with E-state index < -0.39 is 11.9 Å². The minimum absolute atomic E-state index is 0.135. The fraction of sp³-hybridized carbons (Fsp3) is 0.333. The number of hydrogen-bond acceptors (Lipinski definition) is 8. The number of aromatic amines is 1. The maximum atomic E-state index is 12.5. The Kier molecular flexibility index (Phi) is 6.51. The lowest BCUT2D eigenvalue weighted by Crippen LogP contribution is -2.09. The molecule has 2 aromatic heterocycles. The Bertz CT molecular complexity index is 1050. The second-order valence-corrected chi connectivity index (χ2v) is 6.36. The molecule has 0 atom stereocenters. The van der Waals surface area contributed by atoms with Gasteiger partial charge in [0.15, 0.2) is 6.61 Å². The summed E-state index contributed by atoms with van der Waals surface area (Å²) < 4.78 is 21.1. The first-order valence-electron chi connectivity index (χ1n) is 9.54. The number of carbonyl (C=O) groups excluding carboxylic acids is 2. The predicted molar refractivity (Wildman–Crippen MR) is 106 cm³/mol. The number of H-pyrrole nitrogens is 1. The Morgan fingerprint density at radius 3 is 2.57 bits per heavy atom. The number of hydrogen-bond donors (Lipinski definition) is 1. The molecule has 0 fully saturated rings. The van der Waals surface area contributed by atoms with E-state index in [4.69, 9.17) is 18.7 Å². The summed E-state index contributed by atoms with van der Waals surface area (Å²) in [5, 5.41) is 3.93. The zero-order chi connectivity index (χ0) is 21.7. The number of aromatic nitrogens is 3. The molecule has 0 saturated heterocycles. The Balaban J connectivity index is 1.71. The first-order chi connectivity index (χ1) is 14.5. The van der Waals surface area contributed by atoms with Crippen molar-refractivity contribution in [2.24, 2.45) is 0 Å². The summed E-state index contributed by atoms with van der Waals surface area (Å²) >= 11 is 0. The number of nitrogens with one attached hydrogen (secondary N) is 1. The van der Waals surface area contributed by atoms with Gasteiger partial charge in [-0.15, -0.1) is 0 Å². The van der Waals surface area contributed by atoms with Crippen LogP contribution in [0.5, 0.6) is 5.75 Å². The summed E-state index contributed by atoms with van der Waals surface area (Å²) in [6, 6.07) is 7.31. The fourth-order valence-electron chi connectivity index (χ4n) is 3.02. The first kappa shape index (κ1) is 21.1. The molecule has 0 aliphatic rings. The van der Waals surface area contributed by atoms with Crippen LogP contribution in [-0.2, 0) is 16.1 Å². The summed E-state index contributed by atoms with van der Waals surface area (Å²) in [6.45, 7) is 7.48. The second kappa shape index (κ2) is 9.25. The van der Waals surface area contributed by atoms with Gasteiger partial charge in [-0.05, 0) is 45.4 Å². The van der Waals surface area contributed by atoms with Crippen LogP contribution in [-0.4, -0.2) is 40.3 Å². The van der Waals surface area contributed by atoms with Crippen LogP contribution < -0.4 is 4.74 Å². The number of para-hydroxylation sites is 1. The Labute approximate surface area is 173 Å². The van der Waals surface area contributed by atoms with Gasteiger partial charge in [-0.1, -0.05) is 17.3 Å². The molecule has 0 aliphatic heterocycles. The van der Waals surface area contributed by atoms with Gasteiger partial charge in [0.2, 0.25) is 5.82 Å². The van der Waals surface area contributed by atoms with E-state index >= 15 is 0 Å². The highest BCUT2D eigenvalue weighted by Gasteiger charge is 2.24. The van der Waals surface area contributed by atoms with E-state index in [1.54, 1.807) is 20.8 Å². The average Bonchev–Trinajstić information content (AvgIpc) is 3.31. The molecule has 0 saturated carbocycles. The largest absolute Gasteiger partial charge is 0.493 e. The first-order valence-corrected chi connectivity index (χ1v) is 9.54. The summed E-state index contributed by atoms with van der Waals surface area (Å²) in [5.41, 5.74) is 2.18. The molecule has 3 aromatic rings. The fourth-order valence-corrected chi connectivity index (χ4v) is 3.02. The lowest BCUT2D eigenvalue weighted by Gasteiger charge is -2.06. The smallest absolute Gasteiger partial charge is 0.355 e. The summed E-state index contributed by atoms with van der Waals surface area (Å²) in [7, 11) is 0. The Morgan fingerprint density at radius 2 is 1.83 bits per heavy atom. The lowest BCUT2D eigenvalue weighted by atomic mass is 10.1. The molecule has 0 amide bonds. The molecular formula is C21H23N3O6. The minimum Gasteiger partial charge on any atom is -0.493 e. The third-order valence-electron chi connectivity index (χ3n) is 4.34. The summed E-state index contributed by atoms with van der Waals surface area (Å²) in [4.78, 5) is 31.7. The summed E-state index contributed by atoms with van der Waals surface area (Å²) in [6.07, 6.45) is 0. The van der Waals surface area contributed by atoms with Crippen molar-refractivity contribution < 1.29 is 28.3 Å². The highest BCUT2D eigenvalue weighted by Crippen LogP contribution is 2.27. The van der Waals surface area contributed by atoms with Crippen LogP contribution in [0.1, 0.15) is 51.8 Å². The van der Waals surface area contributed by atoms with Crippen LogP contribution in [0.25, 0.3) is 11.4 Å². The van der Waals surface area contributed by atoms with Crippen molar-refractivity contribution >= 4 is 11.9 Å². The highest BCUT2D eigenvalue weighted by molar-refractivity contribution is 5.98. The van der Waals surface area contributed by atoms with Crippen molar-refractivity contribution in [2.75, 3.05) is 13.2 Å². The molecule has 0 spiro atoms. The average molecular weight is 413 g/mol. The molecule has 3 rings (SSSR count). The standard InChI is InChI=1S/C21H23N3O6/c1-5-27-15-10-8-7-9-14(15)19-23-16(30-24-19)11-29-21(26)18-12(3)17(13(4)22-18)20(25)28-6-2/h7-10,22H,5-6,11H2,1-4H3. The van der Waals surface area contributed by atoms with Gasteiger partial charge in [0, 0.05) is 5.69 Å². The molecule has 1 aromatic carbocycles. The predicted octanol–water partition coefficient (Wildman–Crippen LogP) is 3.61. The van der Waals surface area contributed by atoms with Gasteiger partial charge in [-0.25, -0.2) is 9.59 Å². The van der Waals surface area contributed by atoms with Crippen LogP contribution in [0.3, 0.4) is 0 Å². The van der Waals surface area contributed by atoms with Crippen LogP contribution >= 0.6 is 0 Å². The van der Waals surface area contributed by atoms with Crippen molar-refractivity contribution in [1.29, 1.82) is 0 Å². The number of benzene rings is 1. The lowest BCUT2D eigenvalue weighted by molar-refractivity contribution is 0.0422. The molecule has 0 bridgehead atoms. The highest BCUT2D eigenvalue weighted by atomic mass is 16.6. The molecule has 30 heavy (non-hydrogen) atoms. The number of aryl methyl sites for hydroxylation is 1. The van der Waals surface area contributed by atoms with E-state index in [9.17, 15) is 9.59 Å². The van der Waals surface area contributed by atoms with Gasteiger partial charge >= 0.3 is 11.9 Å². The van der Waals surface area contributed by atoms with Gasteiger partial charge < -0.3 is 23.7 Å². The normalized spacial score (nSPS) is 10.7. The van der Waals surface area contributed by atoms with Crippen molar-refractivity contribution in [3.05, 3.63) is 52.7 Å². The van der Waals surface area contributed by atoms with Gasteiger partial charge in [0.25, 0.3) is 5.89 Å². The molecule has 0 unspecified atom stereocenters. The molecule has 9 nitrogen and oxygen atoms in total. The van der Waals surface area contributed by atoms with E-state index in [-0.39, 0.29) is 24.8 Å². The zero-order valence-corrected chi connectivity index (χ0v) is 17.3. The maximum absolute atomic E-state index is 12.5. The molecular weight excluding hydrogens is 390 g/mol. The molecule has 9 heteroatoms. The van der Waals surface area contributed by atoms with Gasteiger partial charge in [0.05, 0.1) is 24.3 Å². The van der Waals surface area contributed by atoms with Crippen LogP contribution in [0.15, 0.2) is 28.8 Å². The Morgan fingerprint density at radius 1 is 1.07 bits per heavy atom. The van der Waals surface area contributed by atoms with Crippen molar-refractivity contribution in [2.45, 2.75) is 34.3 Å². The van der Waals surface area contributed by atoms with Crippen molar-refractivity contribution in [3.8, 4) is 17.1 Å². The molecule has 158 valence electrons.